The summed E-state index contributed by atoms with van der Waals surface area (Å²) in [6, 6.07) is 4.97. The van der Waals surface area contributed by atoms with Gasteiger partial charge in [-0.25, -0.2) is 4.79 Å². The molecule has 1 amide bonds. The molecule has 1 aromatic carbocycles. The Bertz CT molecular complexity index is 510. The molecule has 0 saturated heterocycles. The van der Waals surface area contributed by atoms with Crippen molar-refractivity contribution < 1.29 is 24.2 Å². The molecule has 19 heavy (non-hydrogen) atoms. The molecule has 0 heterocycles. The molecule has 0 fully saturated rings. The summed E-state index contributed by atoms with van der Waals surface area (Å²) in [5.74, 6) is -1.05. The maximum Gasteiger partial charge on any atom is 0.328 e. The second-order valence-electron chi connectivity index (χ2n) is 3.71. The van der Waals surface area contributed by atoms with Gasteiger partial charge in [-0.05, 0) is 19.1 Å². The number of carboxylic acids is 1. The highest BCUT2D eigenvalue weighted by Crippen LogP contribution is 2.32. The fourth-order valence-electron chi connectivity index (χ4n) is 1.35. The summed E-state index contributed by atoms with van der Waals surface area (Å²) in [6.45, 7) is 1.50. The second kappa shape index (κ2) is 6.44. The van der Waals surface area contributed by atoms with Gasteiger partial charge in [-0.15, -0.1) is 0 Å². The quantitative estimate of drug-likeness (QED) is 0.749. The Hall–Kier alpha value is -2.50. The summed E-state index contributed by atoms with van der Waals surface area (Å²) >= 11 is 0. The lowest BCUT2D eigenvalue weighted by molar-refractivity contribution is -0.131. The highest BCUT2D eigenvalue weighted by atomic mass is 16.5. The van der Waals surface area contributed by atoms with E-state index >= 15 is 0 Å². The standard InChI is InChI=1S/C13H15NO5/c1-8(13(14)17)19-12-9(6-7-11(15)16)4-3-5-10(12)18-2/h3-8H,1-2H3,(H2,14,17)(H,15,16)/b7-6+. The second-order valence-corrected chi connectivity index (χ2v) is 3.71. The molecule has 3 N–H and O–H groups in total. The van der Waals surface area contributed by atoms with Gasteiger partial charge in [0.1, 0.15) is 0 Å². The molecular formula is C13H15NO5. The van der Waals surface area contributed by atoms with Gasteiger partial charge in [0.2, 0.25) is 0 Å². The van der Waals surface area contributed by atoms with Crippen molar-refractivity contribution in [2.24, 2.45) is 5.73 Å². The maximum atomic E-state index is 11.0. The first-order valence-electron chi connectivity index (χ1n) is 5.49. The van der Waals surface area contributed by atoms with Crippen molar-refractivity contribution in [3.8, 4) is 11.5 Å². The lowest BCUT2D eigenvalue weighted by Gasteiger charge is -2.16. The normalized spacial score (nSPS) is 12.1. The van der Waals surface area contributed by atoms with Crippen LogP contribution >= 0.6 is 0 Å². The van der Waals surface area contributed by atoms with Crippen LogP contribution in [-0.4, -0.2) is 30.2 Å². The van der Waals surface area contributed by atoms with Gasteiger partial charge in [-0.2, -0.15) is 0 Å². The fourth-order valence-corrected chi connectivity index (χ4v) is 1.35. The SMILES string of the molecule is COc1cccc(/C=C/C(=O)O)c1OC(C)C(N)=O. The van der Waals surface area contributed by atoms with Crippen LogP contribution in [0.5, 0.6) is 11.5 Å². The van der Waals surface area contributed by atoms with Gasteiger partial charge in [0, 0.05) is 11.6 Å². The van der Waals surface area contributed by atoms with E-state index in [1.54, 1.807) is 18.2 Å². The van der Waals surface area contributed by atoms with Gasteiger partial charge in [-0.3, -0.25) is 4.79 Å². The van der Waals surface area contributed by atoms with Crippen LogP contribution < -0.4 is 15.2 Å². The van der Waals surface area contributed by atoms with Crippen LogP contribution in [0, 0.1) is 0 Å². The summed E-state index contributed by atoms with van der Waals surface area (Å²) in [7, 11) is 1.45. The molecule has 6 heteroatoms. The number of aliphatic carboxylic acids is 1. The predicted octanol–water partition coefficient (Wildman–Crippen LogP) is 1.05. The van der Waals surface area contributed by atoms with Crippen molar-refractivity contribution in [1.82, 2.24) is 0 Å². The van der Waals surface area contributed by atoms with E-state index in [1.807, 2.05) is 0 Å². The molecule has 0 aromatic heterocycles. The number of rotatable bonds is 6. The van der Waals surface area contributed by atoms with Crippen LogP contribution in [0.2, 0.25) is 0 Å². The molecule has 1 aromatic rings. The maximum absolute atomic E-state index is 11.0. The topological polar surface area (TPSA) is 98.8 Å². The molecule has 102 valence electrons. The lowest BCUT2D eigenvalue weighted by Crippen LogP contribution is -2.31. The largest absolute Gasteiger partial charge is 0.493 e. The Labute approximate surface area is 110 Å². The zero-order valence-corrected chi connectivity index (χ0v) is 10.6. The summed E-state index contributed by atoms with van der Waals surface area (Å²) in [5.41, 5.74) is 5.61. The smallest absolute Gasteiger partial charge is 0.328 e. The highest BCUT2D eigenvalue weighted by molar-refractivity contribution is 5.86. The minimum Gasteiger partial charge on any atom is -0.493 e. The molecule has 1 rings (SSSR count). The number of amides is 1. The summed E-state index contributed by atoms with van der Waals surface area (Å²) in [4.78, 5) is 21.6. The molecule has 0 spiro atoms. The van der Waals surface area contributed by atoms with Crippen LogP contribution in [0.25, 0.3) is 6.08 Å². The van der Waals surface area contributed by atoms with E-state index in [2.05, 4.69) is 0 Å². The average molecular weight is 265 g/mol. The number of methoxy groups -OCH3 is 1. The third-order valence-corrected chi connectivity index (χ3v) is 2.33. The van der Waals surface area contributed by atoms with Crippen molar-refractivity contribution >= 4 is 18.0 Å². The lowest BCUT2D eigenvalue weighted by atomic mass is 10.1. The van der Waals surface area contributed by atoms with E-state index in [1.165, 1.54) is 20.1 Å². The number of nitrogens with two attached hydrogens (primary N) is 1. The summed E-state index contributed by atoms with van der Waals surface area (Å²) in [5, 5.41) is 8.63. The van der Waals surface area contributed by atoms with Crippen molar-refractivity contribution in [1.29, 1.82) is 0 Å². The van der Waals surface area contributed by atoms with Crippen LogP contribution in [0.3, 0.4) is 0 Å². The first-order valence-corrected chi connectivity index (χ1v) is 5.49. The van der Waals surface area contributed by atoms with Gasteiger partial charge < -0.3 is 20.3 Å². The number of carbonyl (C=O) groups excluding carboxylic acids is 1. The van der Waals surface area contributed by atoms with E-state index in [-0.39, 0.29) is 5.75 Å². The molecule has 6 nitrogen and oxygen atoms in total. The number of hydrogen-bond acceptors (Lipinski definition) is 4. The van der Waals surface area contributed by atoms with Crippen molar-refractivity contribution in [2.45, 2.75) is 13.0 Å². The van der Waals surface area contributed by atoms with Gasteiger partial charge in [0.15, 0.2) is 17.6 Å². The average Bonchev–Trinajstić information content (AvgIpc) is 2.36. The number of hydrogen-bond donors (Lipinski definition) is 2. The van der Waals surface area contributed by atoms with Gasteiger partial charge in [0.25, 0.3) is 5.91 Å². The van der Waals surface area contributed by atoms with Gasteiger partial charge >= 0.3 is 5.97 Å². The predicted molar refractivity (Wildman–Crippen MR) is 68.9 cm³/mol. The van der Waals surface area contributed by atoms with Gasteiger partial charge in [-0.1, -0.05) is 12.1 Å². The minimum absolute atomic E-state index is 0.272. The van der Waals surface area contributed by atoms with Crippen LogP contribution in [0.4, 0.5) is 0 Å². The summed E-state index contributed by atoms with van der Waals surface area (Å²) in [6.07, 6.45) is 1.47. The molecule has 0 bridgehead atoms. The highest BCUT2D eigenvalue weighted by Gasteiger charge is 2.16. The van der Waals surface area contributed by atoms with Crippen molar-refractivity contribution in [3.63, 3.8) is 0 Å². The van der Waals surface area contributed by atoms with Crippen molar-refractivity contribution in [2.75, 3.05) is 7.11 Å². The molecule has 0 aliphatic heterocycles. The molecule has 0 saturated carbocycles. The monoisotopic (exact) mass is 265 g/mol. The first-order chi connectivity index (χ1) is 8.95. The Morgan fingerprint density at radius 1 is 1.42 bits per heavy atom. The van der Waals surface area contributed by atoms with E-state index in [9.17, 15) is 9.59 Å². The third-order valence-electron chi connectivity index (χ3n) is 2.33. The molecule has 0 radical (unpaired) electrons. The molecule has 0 aliphatic rings. The number of primary amides is 1. The Morgan fingerprint density at radius 3 is 2.63 bits per heavy atom. The zero-order valence-electron chi connectivity index (χ0n) is 10.6. The van der Waals surface area contributed by atoms with Crippen LogP contribution in [0.15, 0.2) is 24.3 Å². The first kappa shape index (κ1) is 14.6. The van der Waals surface area contributed by atoms with E-state index < -0.39 is 18.0 Å². The van der Waals surface area contributed by atoms with Gasteiger partial charge in [0.05, 0.1) is 7.11 Å². The Balaban J connectivity index is 3.16. The minimum atomic E-state index is -1.09. The molecule has 1 atom stereocenters. The van der Waals surface area contributed by atoms with Crippen LogP contribution in [-0.2, 0) is 9.59 Å². The number of carbonyl (C=O) groups is 2. The summed E-state index contributed by atoms with van der Waals surface area (Å²) < 4.78 is 10.5. The molecular weight excluding hydrogens is 250 g/mol. The fraction of sp³-hybridized carbons (Fsp3) is 0.231. The zero-order chi connectivity index (χ0) is 14.4. The van der Waals surface area contributed by atoms with Crippen LogP contribution in [0.1, 0.15) is 12.5 Å². The van der Waals surface area contributed by atoms with E-state index in [4.69, 9.17) is 20.3 Å². The van der Waals surface area contributed by atoms with E-state index in [0.717, 1.165) is 6.08 Å². The van der Waals surface area contributed by atoms with E-state index in [0.29, 0.717) is 11.3 Å². The number of benzene rings is 1. The van der Waals surface area contributed by atoms with Crippen molar-refractivity contribution in [3.05, 3.63) is 29.8 Å². The number of ether oxygens (including phenoxy) is 2. The molecule has 0 aliphatic carbocycles. The Kier molecular flexibility index (Phi) is 4.93. The third kappa shape index (κ3) is 4.02. The Morgan fingerprint density at radius 2 is 2.11 bits per heavy atom. The number of carboxylic acid groups (broad SMARTS) is 1. The molecule has 1 unspecified atom stereocenters. The number of para-hydroxylation sites is 1.